The van der Waals surface area contributed by atoms with E-state index in [4.69, 9.17) is 4.52 Å². The van der Waals surface area contributed by atoms with Gasteiger partial charge in [-0.1, -0.05) is 16.5 Å². The number of rotatable bonds is 2. The van der Waals surface area contributed by atoms with Crippen LogP contribution in [0.15, 0.2) is 39.1 Å². The van der Waals surface area contributed by atoms with Gasteiger partial charge >= 0.3 is 4.87 Å². The highest BCUT2D eigenvalue weighted by Crippen LogP contribution is 2.21. The predicted octanol–water partition coefficient (Wildman–Crippen LogP) is 1.85. The van der Waals surface area contributed by atoms with Crippen LogP contribution in [0.1, 0.15) is 10.4 Å². The molecule has 0 aliphatic rings. The first-order chi connectivity index (χ1) is 8.29. The predicted molar refractivity (Wildman–Crippen MR) is 62.9 cm³/mol. The minimum absolute atomic E-state index is 0.142. The summed E-state index contributed by atoms with van der Waals surface area (Å²) in [6, 6.07) is 4.95. The van der Waals surface area contributed by atoms with Crippen LogP contribution < -0.4 is 4.87 Å². The normalized spacial score (nSPS) is 10.8. The summed E-state index contributed by atoms with van der Waals surface area (Å²) in [7, 11) is 0. The minimum Gasteiger partial charge on any atom is -0.354 e. The fourth-order valence-electron chi connectivity index (χ4n) is 1.61. The molecular weight excluding hydrogens is 240 g/mol. The molecule has 17 heavy (non-hydrogen) atoms. The van der Waals surface area contributed by atoms with Gasteiger partial charge in [-0.15, -0.1) is 0 Å². The van der Waals surface area contributed by atoms with E-state index >= 15 is 0 Å². The lowest BCUT2D eigenvalue weighted by Gasteiger charge is -1.95. The van der Waals surface area contributed by atoms with Crippen LogP contribution in [0.25, 0.3) is 16.8 Å². The van der Waals surface area contributed by atoms with Gasteiger partial charge in [0.15, 0.2) is 11.4 Å². The van der Waals surface area contributed by atoms with Crippen molar-refractivity contribution in [3.8, 4) is 5.82 Å². The molecule has 0 saturated heterocycles. The molecule has 2 aromatic heterocycles. The van der Waals surface area contributed by atoms with Crippen LogP contribution in [0.3, 0.4) is 0 Å². The number of nitrogens with zero attached hydrogens (tertiary/aromatic N) is 2. The Bertz CT molecular complexity index is 753. The monoisotopic (exact) mass is 246 g/mol. The van der Waals surface area contributed by atoms with Crippen molar-refractivity contribution in [1.82, 2.24) is 9.72 Å². The van der Waals surface area contributed by atoms with Crippen molar-refractivity contribution in [2.24, 2.45) is 0 Å². The Morgan fingerprint density at radius 2 is 2.29 bits per heavy atom. The van der Waals surface area contributed by atoms with Gasteiger partial charge in [-0.25, -0.2) is 0 Å². The summed E-state index contributed by atoms with van der Waals surface area (Å²) in [5, 5.41) is 6.17. The summed E-state index contributed by atoms with van der Waals surface area (Å²) in [5.74, 6) is 0.412. The molecule has 0 bridgehead atoms. The number of aldehydes is 1. The highest BCUT2D eigenvalue weighted by molar-refractivity contribution is 7.07. The molecule has 0 spiro atoms. The standard InChI is InChI=1S/C11H6N2O3S/c14-6-7-1-2-9-8(5-7)10(12-16-9)13-3-4-17-11(13)15/h1-6H. The first-order valence-electron chi connectivity index (χ1n) is 4.81. The summed E-state index contributed by atoms with van der Waals surface area (Å²) >= 11 is 1.08. The average molecular weight is 246 g/mol. The summed E-state index contributed by atoms with van der Waals surface area (Å²) < 4.78 is 6.50. The molecule has 3 rings (SSSR count). The first kappa shape index (κ1) is 9.98. The van der Waals surface area contributed by atoms with Crippen LogP contribution in [-0.2, 0) is 0 Å². The van der Waals surface area contributed by atoms with Gasteiger partial charge in [-0.05, 0) is 18.2 Å². The topological polar surface area (TPSA) is 65.1 Å². The number of carbonyl (C=O) groups excluding carboxylic acids is 1. The van der Waals surface area contributed by atoms with Crippen molar-refractivity contribution in [3.63, 3.8) is 0 Å². The third-order valence-corrected chi connectivity index (χ3v) is 3.07. The third-order valence-electron chi connectivity index (χ3n) is 2.41. The van der Waals surface area contributed by atoms with Crippen molar-refractivity contribution in [2.75, 3.05) is 0 Å². The van der Waals surface area contributed by atoms with Crippen LogP contribution in [0.2, 0.25) is 0 Å². The van der Waals surface area contributed by atoms with E-state index < -0.39 is 0 Å². The summed E-state index contributed by atoms with van der Waals surface area (Å²) in [6.45, 7) is 0. The zero-order valence-corrected chi connectivity index (χ0v) is 9.31. The lowest BCUT2D eigenvalue weighted by Crippen LogP contribution is -2.09. The van der Waals surface area contributed by atoms with E-state index in [1.165, 1.54) is 4.57 Å². The van der Waals surface area contributed by atoms with Gasteiger partial charge in [0.05, 0.1) is 5.39 Å². The molecule has 0 N–H and O–H groups in total. The quantitative estimate of drug-likeness (QED) is 0.647. The zero-order chi connectivity index (χ0) is 11.8. The fourth-order valence-corrected chi connectivity index (χ4v) is 2.17. The van der Waals surface area contributed by atoms with E-state index in [1.807, 2.05) is 0 Å². The van der Waals surface area contributed by atoms with Gasteiger partial charge < -0.3 is 4.52 Å². The maximum atomic E-state index is 11.5. The largest absolute Gasteiger partial charge is 0.354 e. The SMILES string of the molecule is O=Cc1ccc2onc(-n3ccsc3=O)c2c1. The van der Waals surface area contributed by atoms with Gasteiger partial charge in [0.1, 0.15) is 6.29 Å². The first-order valence-corrected chi connectivity index (χ1v) is 5.69. The number of carbonyl (C=O) groups is 1. The van der Waals surface area contributed by atoms with E-state index in [0.29, 0.717) is 22.4 Å². The lowest BCUT2D eigenvalue weighted by molar-refractivity contribution is 0.112. The highest BCUT2D eigenvalue weighted by Gasteiger charge is 2.12. The molecule has 0 saturated carbocycles. The van der Waals surface area contributed by atoms with Crippen LogP contribution in [0, 0.1) is 0 Å². The number of aromatic nitrogens is 2. The molecule has 0 aliphatic heterocycles. The molecule has 6 heteroatoms. The molecule has 84 valence electrons. The summed E-state index contributed by atoms with van der Waals surface area (Å²) in [4.78, 5) is 22.1. The Morgan fingerprint density at radius 1 is 1.41 bits per heavy atom. The molecule has 2 heterocycles. The van der Waals surface area contributed by atoms with E-state index in [9.17, 15) is 9.59 Å². The average Bonchev–Trinajstić information content (AvgIpc) is 2.94. The molecular formula is C11H6N2O3S. The van der Waals surface area contributed by atoms with E-state index in [-0.39, 0.29) is 4.87 Å². The van der Waals surface area contributed by atoms with Gasteiger partial charge in [0.25, 0.3) is 0 Å². The van der Waals surface area contributed by atoms with Crippen molar-refractivity contribution in [1.29, 1.82) is 0 Å². The molecule has 0 unspecified atom stereocenters. The number of hydrogen-bond donors (Lipinski definition) is 0. The second-order valence-corrected chi connectivity index (χ2v) is 4.28. The maximum Gasteiger partial charge on any atom is 0.312 e. The lowest BCUT2D eigenvalue weighted by atomic mass is 10.2. The zero-order valence-electron chi connectivity index (χ0n) is 8.49. The van der Waals surface area contributed by atoms with Crippen molar-refractivity contribution in [2.45, 2.75) is 0 Å². The van der Waals surface area contributed by atoms with Crippen molar-refractivity contribution in [3.05, 3.63) is 45.0 Å². The second-order valence-electron chi connectivity index (χ2n) is 3.42. The van der Waals surface area contributed by atoms with Gasteiger partial charge in [-0.3, -0.25) is 14.2 Å². The second kappa shape index (κ2) is 3.67. The highest BCUT2D eigenvalue weighted by atomic mass is 32.1. The molecule has 0 aliphatic carbocycles. The minimum atomic E-state index is -0.142. The molecule has 0 fully saturated rings. The van der Waals surface area contributed by atoms with E-state index in [1.54, 1.807) is 29.8 Å². The summed E-state index contributed by atoms with van der Waals surface area (Å²) in [5.41, 5.74) is 1.06. The molecule has 3 aromatic rings. The number of fused-ring (bicyclic) bond motifs is 1. The van der Waals surface area contributed by atoms with E-state index in [2.05, 4.69) is 5.16 Å². The number of hydrogen-bond acceptors (Lipinski definition) is 5. The number of benzene rings is 1. The van der Waals surface area contributed by atoms with Gasteiger partial charge in [0.2, 0.25) is 0 Å². The van der Waals surface area contributed by atoms with Crippen LogP contribution in [0.5, 0.6) is 0 Å². The number of thiazole rings is 1. The van der Waals surface area contributed by atoms with Crippen molar-refractivity contribution < 1.29 is 9.32 Å². The summed E-state index contributed by atoms with van der Waals surface area (Å²) in [6.07, 6.45) is 2.37. The third kappa shape index (κ3) is 1.50. The van der Waals surface area contributed by atoms with Crippen LogP contribution >= 0.6 is 11.3 Å². The van der Waals surface area contributed by atoms with Crippen LogP contribution in [0.4, 0.5) is 0 Å². The van der Waals surface area contributed by atoms with Gasteiger partial charge in [-0.2, -0.15) is 0 Å². The fraction of sp³-hybridized carbons (Fsp3) is 0. The van der Waals surface area contributed by atoms with Crippen LogP contribution in [-0.4, -0.2) is 16.0 Å². The maximum absolute atomic E-state index is 11.5. The van der Waals surface area contributed by atoms with Crippen molar-refractivity contribution >= 4 is 28.6 Å². The van der Waals surface area contributed by atoms with Gasteiger partial charge in [0, 0.05) is 17.1 Å². The Balaban J connectivity index is 2.34. The molecule has 0 atom stereocenters. The van der Waals surface area contributed by atoms with E-state index in [0.717, 1.165) is 17.6 Å². The Kier molecular flexibility index (Phi) is 2.15. The molecule has 0 radical (unpaired) electrons. The molecule has 5 nitrogen and oxygen atoms in total. The Labute approximate surface area is 98.9 Å². The molecule has 1 aromatic carbocycles. The molecule has 0 amide bonds. The Hall–Kier alpha value is -2.21. The smallest absolute Gasteiger partial charge is 0.312 e. The Morgan fingerprint density at radius 3 is 3.00 bits per heavy atom.